The number of H-pyrrole nitrogens is 1. The molecule has 0 spiro atoms. The Balaban J connectivity index is 2.96. The summed E-state index contributed by atoms with van der Waals surface area (Å²) in [6.45, 7) is 2.88. The second-order valence-corrected chi connectivity index (χ2v) is 2.32. The van der Waals surface area contributed by atoms with Crippen molar-refractivity contribution < 1.29 is 0 Å². The zero-order valence-corrected chi connectivity index (χ0v) is 6.66. The monoisotopic (exact) mass is 153 g/mol. The Bertz CT molecular complexity index is 281. The lowest BCUT2D eigenvalue weighted by atomic mass is 10.4. The molecule has 0 amide bonds. The molecule has 4 nitrogen and oxygen atoms in total. The van der Waals surface area contributed by atoms with Gasteiger partial charge in [0.05, 0.1) is 11.9 Å². The average molecular weight is 153 g/mol. The molecular formula is C7H11N3O. The summed E-state index contributed by atoms with van der Waals surface area (Å²) in [5.74, 6) is 0. The van der Waals surface area contributed by atoms with Crippen molar-refractivity contribution in [2.24, 2.45) is 0 Å². The highest BCUT2D eigenvalue weighted by Crippen LogP contribution is 2.04. The molecular weight excluding hydrogens is 142 g/mol. The number of nitrogens with one attached hydrogen (secondary N) is 1. The standard InChI is InChI=1S/C7H11N3O/c1-3-10(2)6-4-7(11)9-8-5-6/h4-5H,3H2,1-2H3,(H,9,11). The molecule has 0 aromatic carbocycles. The van der Waals surface area contributed by atoms with Crippen LogP contribution < -0.4 is 10.5 Å². The van der Waals surface area contributed by atoms with Crippen molar-refractivity contribution in [3.63, 3.8) is 0 Å². The van der Waals surface area contributed by atoms with Crippen LogP contribution in [0.5, 0.6) is 0 Å². The summed E-state index contributed by atoms with van der Waals surface area (Å²) in [4.78, 5) is 12.7. The lowest BCUT2D eigenvalue weighted by Gasteiger charge is -2.14. The normalized spacial score (nSPS) is 9.64. The van der Waals surface area contributed by atoms with Crippen molar-refractivity contribution >= 4 is 5.69 Å². The highest BCUT2D eigenvalue weighted by Gasteiger charge is 1.97. The summed E-state index contributed by atoms with van der Waals surface area (Å²) < 4.78 is 0. The van der Waals surface area contributed by atoms with Gasteiger partial charge in [0.15, 0.2) is 0 Å². The second-order valence-electron chi connectivity index (χ2n) is 2.32. The third kappa shape index (κ3) is 1.80. The van der Waals surface area contributed by atoms with Crippen LogP contribution in [0.4, 0.5) is 5.69 Å². The fraction of sp³-hybridized carbons (Fsp3) is 0.429. The van der Waals surface area contributed by atoms with Crippen LogP contribution in [0, 0.1) is 0 Å². The van der Waals surface area contributed by atoms with Gasteiger partial charge >= 0.3 is 0 Å². The highest BCUT2D eigenvalue weighted by atomic mass is 16.1. The summed E-state index contributed by atoms with van der Waals surface area (Å²) in [5, 5.41) is 5.99. The quantitative estimate of drug-likeness (QED) is 0.661. The summed E-state index contributed by atoms with van der Waals surface area (Å²) in [6.07, 6.45) is 1.63. The maximum atomic E-state index is 10.8. The van der Waals surface area contributed by atoms with Crippen molar-refractivity contribution in [2.75, 3.05) is 18.5 Å². The van der Waals surface area contributed by atoms with E-state index in [0.717, 1.165) is 12.2 Å². The molecule has 0 saturated carbocycles. The SMILES string of the molecule is CCN(C)c1cn[nH]c(=O)c1. The fourth-order valence-electron chi connectivity index (χ4n) is 0.757. The van der Waals surface area contributed by atoms with Gasteiger partial charge in [-0.2, -0.15) is 5.10 Å². The van der Waals surface area contributed by atoms with Gasteiger partial charge in [0.1, 0.15) is 0 Å². The van der Waals surface area contributed by atoms with Crippen LogP contribution in [0.3, 0.4) is 0 Å². The summed E-state index contributed by atoms with van der Waals surface area (Å²) in [5.41, 5.74) is 0.680. The molecule has 0 aliphatic heterocycles. The molecule has 0 aliphatic carbocycles. The molecule has 1 N–H and O–H groups in total. The van der Waals surface area contributed by atoms with Crippen molar-refractivity contribution in [3.05, 3.63) is 22.6 Å². The third-order valence-electron chi connectivity index (χ3n) is 1.57. The first-order chi connectivity index (χ1) is 5.24. The van der Waals surface area contributed by atoms with Gasteiger partial charge in [-0.25, -0.2) is 5.10 Å². The minimum Gasteiger partial charge on any atom is -0.373 e. The highest BCUT2D eigenvalue weighted by molar-refractivity contribution is 5.41. The smallest absolute Gasteiger partial charge is 0.266 e. The van der Waals surface area contributed by atoms with Crippen LogP contribution in [0.1, 0.15) is 6.92 Å². The van der Waals surface area contributed by atoms with Gasteiger partial charge in [-0.15, -0.1) is 0 Å². The zero-order chi connectivity index (χ0) is 8.27. The van der Waals surface area contributed by atoms with Gasteiger partial charge in [0, 0.05) is 19.7 Å². The number of anilines is 1. The Morgan fingerprint density at radius 2 is 2.45 bits per heavy atom. The first-order valence-corrected chi connectivity index (χ1v) is 3.50. The van der Waals surface area contributed by atoms with E-state index in [-0.39, 0.29) is 5.56 Å². The van der Waals surface area contributed by atoms with Crippen LogP contribution in [0.15, 0.2) is 17.1 Å². The minimum atomic E-state index is -0.164. The molecule has 1 rings (SSSR count). The van der Waals surface area contributed by atoms with Crippen LogP contribution >= 0.6 is 0 Å². The van der Waals surface area contributed by atoms with Gasteiger partial charge in [-0.1, -0.05) is 0 Å². The second kappa shape index (κ2) is 3.18. The van der Waals surface area contributed by atoms with E-state index in [0.29, 0.717) is 0 Å². The van der Waals surface area contributed by atoms with Crippen LogP contribution in [-0.2, 0) is 0 Å². The van der Waals surface area contributed by atoms with Gasteiger partial charge in [-0.05, 0) is 6.92 Å². The molecule has 0 saturated heterocycles. The molecule has 11 heavy (non-hydrogen) atoms. The average Bonchev–Trinajstić information content (AvgIpc) is 2.03. The lowest BCUT2D eigenvalue weighted by Crippen LogP contribution is -2.19. The molecule has 60 valence electrons. The fourth-order valence-corrected chi connectivity index (χ4v) is 0.757. The van der Waals surface area contributed by atoms with Crippen LogP contribution in [-0.4, -0.2) is 23.8 Å². The first kappa shape index (κ1) is 7.78. The van der Waals surface area contributed by atoms with E-state index in [9.17, 15) is 4.79 Å². The molecule has 1 aromatic rings. The largest absolute Gasteiger partial charge is 0.373 e. The molecule has 0 atom stereocenters. The number of aromatic nitrogens is 2. The van der Waals surface area contributed by atoms with Gasteiger partial charge in [0.25, 0.3) is 5.56 Å². The Morgan fingerprint density at radius 3 is 3.00 bits per heavy atom. The molecule has 1 aromatic heterocycles. The lowest BCUT2D eigenvalue weighted by molar-refractivity contribution is 0.922. The Hall–Kier alpha value is -1.32. The van der Waals surface area contributed by atoms with Crippen LogP contribution in [0.2, 0.25) is 0 Å². The Kier molecular flexibility index (Phi) is 2.25. The van der Waals surface area contributed by atoms with E-state index in [1.807, 2.05) is 18.9 Å². The summed E-state index contributed by atoms with van der Waals surface area (Å²) in [6, 6.07) is 1.52. The van der Waals surface area contributed by atoms with E-state index in [4.69, 9.17) is 0 Å². The molecule has 4 heteroatoms. The topological polar surface area (TPSA) is 49.0 Å². The zero-order valence-electron chi connectivity index (χ0n) is 6.66. The molecule has 0 unspecified atom stereocenters. The molecule has 0 radical (unpaired) electrons. The maximum absolute atomic E-state index is 10.8. The Labute approximate surface area is 64.9 Å². The number of nitrogens with zero attached hydrogens (tertiary/aromatic N) is 2. The summed E-state index contributed by atoms with van der Waals surface area (Å²) in [7, 11) is 1.91. The van der Waals surface area contributed by atoms with Crippen molar-refractivity contribution in [3.8, 4) is 0 Å². The number of aromatic amines is 1. The van der Waals surface area contributed by atoms with Crippen molar-refractivity contribution in [1.29, 1.82) is 0 Å². The Morgan fingerprint density at radius 1 is 1.73 bits per heavy atom. The van der Waals surface area contributed by atoms with Gasteiger partial charge < -0.3 is 4.90 Å². The van der Waals surface area contributed by atoms with Crippen molar-refractivity contribution in [1.82, 2.24) is 10.2 Å². The molecule has 1 heterocycles. The van der Waals surface area contributed by atoms with E-state index >= 15 is 0 Å². The number of hydrogen-bond donors (Lipinski definition) is 1. The number of hydrogen-bond acceptors (Lipinski definition) is 3. The number of rotatable bonds is 2. The minimum absolute atomic E-state index is 0.164. The molecule has 0 bridgehead atoms. The van der Waals surface area contributed by atoms with E-state index in [1.165, 1.54) is 6.07 Å². The van der Waals surface area contributed by atoms with Crippen molar-refractivity contribution in [2.45, 2.75) is 6.92 Å². The van der Waals surface area contributed by atoms with Gasteiger partial charge in [-0.3, -0.25) is 4.79 Å². The molecule has 0 aliphatic rings. The molecule has 0 fully saturated rings. The van der Waals surface area contributed by atoms with E-state index < -0.39 is 0 Å². The van der Waals surface area contributed by atoms with Crippen LogP contribution in [0.25, 0.3) is 0 Å². The van der Waals surface area contributed by atoms with E-state index in [1.54, 1.807) is 6.20 Å². The first-order valence-electron chi connectivity index (χ1n) is 3.50. The summed E-state index contributed by atoms with van der Waals surface area (Å²) >= 11 is 0. The van der Waals surface area contributed by atoms with E-state index in [2.05, 4.69) is 10.2 Å². The third-order valence-corrected chi connectivity index (χ3v) is 1.57. The van der Waals surface area contributed by atoms with Gasteiger partial charge in [0.2, 0.25) is 0 Å². The predicted octanol–water partition coefficient (Wildman–Crippen LogP) is 0.226. The maximum Gasteiger partial charge on any atom is 0.266 e. The predicted molar refractivity (Wildman–Crippen MR) is 43.8 cm³/mol.